The molecule has 0 aliphatic carbocycles. The van der Waals surface area contributed by atoms with Gasteiger partial charge in [0.1, 0.15) is 17.0 Å². The normalized spacial score (nSPS) is 15.5. The Morgan fingerprint density at radius 3 is 2.87 bits per heavy atom. The number of thiophene rings is 1. The minimum atomic E-state index is 0.105. The van der Waals surface area contributed by atoms with Crippen LogP contribution in [0.25, 0.3) is 20.7 Å². The summed E-state index contributed by atoms with van der Waals surface area (Å²) in [6, 6.07) is 12.5. The Bertz CT molecular complexity index is 846. The van der Waals surface area contributed by atoms with Crippen LogP contribution in [0.3, 0.4) is 0 Å². The number of fused-ring (bicyclic) bond motifs is 1. The van der Waals surface area contributed by atoms with Gasteiger partial charge in [0, 0.05) is 30.9 Å². The summed E-state index contributed by atoms with van der Waals surface area (Å²) in [5.74, 6) is 1.03. The number of rotatable bonds is 2. The molecular formula is C17H16N4OS. The highest BCUT2D eigenvalue weighted by Crippen LogP contribution is 2.36. The van der Waals surface area contributed by atoms with Crippen LogP contribution in [-0.4, -0.2) is 35.5 Å². The molecule has 0 unspecified atom stereocenters. The Morgan fingerprint density at radius 1 is 1.13 bits per heavy atom. The Hall–Kier alpha value is -2.47. The average molecular weight is 324 g/mol. The van der Waals surface area contributed by atoms with Crippen LogP contribution in [0.1, 0.15) is 6.42 Å². The third kappa shape index (κ3) is 2.77. The molecule has 1 saturated heterocycles. The molecule has 0 saturated carbocycles. The molecule has 0 radical (unpaired) electrons. The molecule has 3 heterocycles. The SMILES string of the molecule is O=C1CCN(c2ncnc3sc(-c4ccccc4)cc23)CCN1. The fourth-order valence-corrected chi connectivity index (χ4v) is 3.82. The van der Waals surface area contributed by atoms with Crippen molar-refractivity contribution in [2.24, 2.45) is 0 Å². The number of carbonyl (C=O) groups is 1. The van der Waals surface area contributed by atoms with Gasteiger partial charge in [0.2, 0.25) is 5.91 Å². The first kappa shape index (κ1) is 14.1. The summed E-state index contributed by atoms with van der Waals surface area (Å²) in [7, 11) is 0. The van der Waals surface area contributed by atoms with E-state index in [4.69, 9.17) is 0 Å². The topological polar surface area (TPSA) is 58.1 Å². The smallest absolute Gasteiger partial charge is 0.221 e. The lowest BCUT2D eigenvalue weighted by atomic mass is 10.2. The Morgan fingerprint density at radius 2 is 2.00 bits per heavy atom. The minimum absolute atomic E-state index is 0.105. The van der Waals surface area contributed by atoms with Gasteiger partial charge in [-0.25, -0.2) is 9.97 Å². The van der Waals surface area contributed by atoms with E-state index in [1.807, 2.05) is 18.2 Å². The van der Waals surface area contributed by atoms with Gasteiger partial charge >= 0.3 is 0 Å². The number of hydrogen-bond acceptors (Lipinski definition) is 5. The van der Waals surface area contributed by atoms with Gasteiger partial charge in [0.25, 0.3) is 0 Å². The maximum absolute atomic E-state index is 11.5. The van der Waals surface area contributed by atoms with Crippen LogP contribution < -0.4 is 10.2 Å². The molecule has 1 aliphatic rings. The highest BCUT2D eigenvalue weighted by molar-refractivity contribution is 7.21. The zero-order valence-electron chi connectivity index (χ0n) is 12.5. The molecule has 6 heteroatoms. The molecule has 4 rings (SSSR count). The Balaban J connectivity index is 1.76. The number of nitrogens with one attached hydrogen (secondary N) is 1. The molecule has 0 spiro atoms. The van der Waals surface area contributed by atoms with E-state index in [1.165, 1.54) is 10.4 Å². The number of nitrogens with zero attached hydrogens (tertiary/aromatic N) is 3. The van der Waals surface area contributed by atoms with Gasteiger partial charge in [-0.15, -0.1) is 11.3 Å². The number of carbonyl (C=O) groups excluding carboxylic acids is 1. The zero-order chi connectivity index (χ0) is 15.6. The summed E-state index contributed by atoms with van der Waals surface area (Å²) >= 11 is 1.67. The van der Waals surface area contributed by atoms with Crippen molar-refractivity contribution in [2.75, 3.05) is 24.5 Å². The largest absolute Gasteiger partial charge is 0.354 e. The van der Waals surface area contributed by atoms with Crippen LogP contribution in [0, 0.1) is 0 Å². The van der Waals surface area contributed by atoms with Crippen LogP contribution in [0.2, 0.25) is 0 Å². The number of benzene rings is 1. The third-order valence-corrected chi connectivity index (χ3v) is 5.07. The number of amides is 1. The number of anilines is 1. The summed E-state index contributed by atoms with van der Waals surface area (Å²) in [5, 5.41) is 3.96. The van der Waals surface area contributed by atoms with E-state index < -0.39 is 0 Å². The second-order valence-electron chi connectivity index (χ2n) is 5.48. The number of aromatic nitrogens is 2. The molecule has 1 aliphatic heterocycles. The summed E-state index contributed by atoms with van der Waals surface area (Å²) in [6.07, 6.45) is 2.12. The van der Waals surface area contributed by atoms with Crippen molar-refractivity contribution in [1.29, 1.82) is 0 Å². The van der Waals surface area contributed by atoms with Gasteiger partial charge in [-0.2, -0.15) is 0 Å². The molecule has 1 N–H and O–H groups in total. The van der Waals surface area contributed by atoms with Crippen LogP contribution in [0.4, 0.5) is 5.82 Å². The van der Waals surface area contributed by atoms with Crippen molar-refractivity contribution in [3.05, 3.63) is 42.7 Å². The lowest BCUT2D eigenvalue weighted by molar-refractivity contribution is -0.120. The maximum atomic E-state index is 11.5. The van der Waals surface area contributed by atoms with Crippen molar-refractivity contribution in [3.63, 3.8) is 0 Å². The highest BCUT2D eigenvalue weighted by Gasteiger charge is 2.18. The quantitative estimate of drug-likeness (QED) is 0.787. The molecule has 0 atom stereocenters. The molecule has 1 amide bonds. The second-order valence-corrected chi connectivity index (χ2v) is 6.51. The highest BCUT2D eigenvalue weighted by atomic mass is 32.1. The predicted octanol–water partition coefficient (Wildman–Crippen LogP) is 2.68. The van der Waals surface area contributed by atoms with Gasteiger partial charge in [0.15, 0.2) is 0 Å². The zero-order valence-corrected chi connectivity index (χ0v) is 13.3. The molecule has 3 aromatic rings. The molecule has 23 heavy (non-hydrogen) atoms. The standard InChI is InChI=1S/C17H16N4OS/c22-15-6-8-21(9-7-18-15)16-13-10-14(12-4-2-1-3-5-12)23-17(13)20-11-19-16/h1-5,10-11H,6-9H2,(H,18,22). The summed E-state index contributed by atoms with van der Waals surface area (Å²) in [5.41, 5.74) is 1.19. The maximum Gasteiger partial charge on any atom is 0.221 e. The van der Waals surface area contributed by atoms with Crippen molar-refractivity contribution in [2.45, 2.75) is 6.42 Å². The van der Waals surface area contributed by atoms with Crippen molar-refractivity contribution >= 4 is 33.3 Å². The van der Waals surface area contributed by atoms with E-state index in [2.05, 4.69) is 38.4 Å². The average Bonchev–Trinajstić information content (AvgIpc) is 2.92. The lowest BCUT2D eigenvalue weighted by Gasteiger charge is -2.20. The number of hydrogen-bond donors (Lipinski definition) is 1. The van der Waals surface area contributed by atoms with E-state index >= 15 is 0 Å². The van der Waals surface area contributed by atoms with E-state index in [0.29, 0.717) is 19.5 Å². The molecule has 1 fully saturated rings. The van der Waals surface area contributed by atoms with Crippen molar-refractivity contribution < 1.29 is 4.79 Å². The summed E-state index contributed by atoms with van der Waals surface area (Å²) < 4.78 is 0. The fourth-order valence-electron chi connectivity index (χ4n) is 2.82. The van der Waals surface area contributed by atoms with E-state index in [-0.39, 0.29) is 5.91 Å². The van der Waals surface area contributed by atoms with Crippen LogP contribution >= 0.6 is 11.3 Å². The third-order valence-electron chi connectivity index (χ3n) is 3.98. The molecule has 1 aromatic carbocycles. The van der Waals surface area contributed by atoms with Crippen molar-refractivity contribution in [1.82, 2.24) is 15.3 Å². The first-order valence-corrected chi connectivity index (χ1v) is 8.44. The predicted molar refractivity (Wildman–Crippen MR) is 92.7 cm³/mol. The van der Waals surface area contributed by atoms with Gasteiger partial charge < -0.3 is 10.2 Å². The van der Waals surface area contributed by atoms with E-state index in [0.717, 1.165) is 22.6 Å². The first-order chi connectivity index (χ1) is 11.3. The van der Waals surface area contributed by atoms with Crippen LogP contribution in [0.15, 0.2) is 42.7 Å². The molecule has 2 aromatic heterocycles. The Labute approximate surface area is 138 Å². The summed E-state index contributed by atoms with van der Waals surface area (Å²) in [6.45, 7) is 2.11. The van der Waals surface area contributed by atoms with Gasteiger partial charge in [-0.1, -0.05) is 30.3 Å². The van der Waals surface area contributed by atoms with Crippen molar-refractivity contribution in [3.8, 4) is 10.4 Å². The Kier molecular flexibility index (Phi) is 3.67. The molecule has 0 bridgehead atoms. The van der Waals surface area contributed by atoms with Gasteiger partial charge in [-0.05, 0) is 11.6 Å². The van der Waals surface area contributed by atoms with E-state index in [1.54, 1.807) is 17.7 Å². The van der Waals surface area contributed by atoms with Gasteiger partial charge in [-0.3, -0.25) is 4.79 Å². The molecular weight excluding hydrogens is 308 g/mol. The van der Waals surface area contributed by atoms with Crippen LogP contribution in [0.5, 0.6) is 0 Å². The van der Waals surface area contributed by atoms with Crippen LogP contribution in [-0.2, 0) is 4.79 Å². The lowest BCUT2D eigenvalue weighted by Crippen LogP contribution is -2.29. The monoisotopic (exact) mass is 324 g/mol. The molecule has 5 nitrogen and oxygen atoms in total. The van der Waals surface area contributed by atoms with E-state index in [9.17, 15) is 4.79 Å². The molecule has 116 valence electrons. The van der Waals surface area contributed by atoms with Gasteiger partial charge in [0.05, 0.1) is 5.39 Å². The first-order valence-electron chi connectivity index (χ1n) is 7.63. The summed E-state index contributed by atoms with van der Waals surface area (Å²) in [4.78, 5) is 24.8. The fraction of sp³-hybridized carbons (Fsp3) is 0.235. The minimum Gasteiger partial charge on any atom is -0.354 e. The second kappa shape index (κ2) is 5.96.